The van der Waals surface area contributed by atoms with E-state index in [2.05, 4.69) is 158 Å². The van der Waals surface area contributed by atoms with Gasteiger partial charge in [0.15, 0.2) is 0 Å². The first-order chi connectivity index (χ1) is 17.9. The van der Waals surface area contributed by atoms with Crippen LogP contribution in [0.3, 0.4) is 0 Å². The smallest absolute Gasteiger partial charge is 0.00201 e. The molecular formula is C36H26. The molecule has 0 radical (unpaired) electrons. The van der Waals surface area contributed by atoms with Gasteiger partial charge in [-0.1, -0.05) is 146 Å². The zero-order valence-electron chi connectivity index (χ0n) is 20.0. The van der Waals surface area contributed by atoms with E-state index in [1.807, 2.05) is 0 Å². The molecule has 0 unspecified atom stereocenters. The van der Waals surface area contributed by atoms with E-state index < -0.39 is 0 Å². The highest BCUT2D eigenvalue weighted by Crippen LogP contribution is 2.46. The van der Waals surface area contributed by atoms with Crippen LogP contribution >= 0.6 is 0 Å². The molecule has 0 heteroatoms. The minimum Gasteiger partial charge on any atom is -0.0622 e. The summed E-state index contributed by atoms with van der Waals surface area (Å²) in [5, 5.41) is 0. The van der Waals surface area contributed by atoms with Crippen molar-refractivity contribution in [1.29, 1.82) is 0 Å². The molecule has 0 spiro atoms. The molecular weight excluding hydrogens is 432 g/mol. The summed E-state index contributed by atoms with van der Waals surface area (Å²) in [6, 6.07) is 56.4. The van der Waals surface area contributed by atoms with Crippen LogP contribution in [0.5, 0.6) is 0 Å². The second-order valence-corrected chi connectivity index (χ2v) is 8.96. The van der Waals surface area contributed by atoms with Crippen LogP contribution < -0.4 is 0 Å². The number of rotatable bonds is 5. The zero-order valence-corrected chi connectivity index (χ0v) is 20.0. The lowest BCUT2D eigenvalue weighted by Gasteiger charge is -2.21. The topological polar surface area (TPSA) is 0 Å². The molecule has 36 heavy (non-hydrogen) atoms. The maximum absolute atomic E-state index is 2.36. The molecule has 6 rings (SSSR count). The minimum atomic E-state index is 1.21. The maximum atomic E-state index is 2.36. The van der Waals surface area contributed by atoms with Crippen LogP contribution in [-0.4, -0.2) is 0 Å². The fourth-order valence-corrected chi connectivity index (χ4v) is 4.99. The van der Waals surface area contributed by atoms with Crippen LogP contribution in [-0.2, 0) is 0 Å². The molecule has 0 heterocycles. The third-order valence-corrected chi connectivity index (χ3v) is 6.70. The van der Waals surface area contributed by atoms with Gasteiger partial charge in [-0.25, -0.2) is 0 Å². The Kier molecular flexibility index (Phi) is 6.00. The fourth-order valence-electron chi connectivity index (χ4n) is 4.99. The van der Waals surface area contributed by atoms with Crippen LogP contribution in [0.4, 0.5) is 0 Å². The van der Waals surface area contributed by atoms with E-state index in [4.69, 9.17) is 0 Å². The summed E-state index contributed by atoms with van der Waals surface area (Å²) in [4.78, 5) is 0. The molecule has 0 fully saturated rings. The average molecular weight is 459 g/mol. The first-order valence-electron chi connectivity index (χ1n) is 12.4. The zero-order chi connectivity index (χ0) is 24.2. The van der Waals surface area contributed by atoms with Crippen molar-refractivity contribution in [2.45, 2.75) is 0 Å². The van der Waals surface area contributed by atoms with Crippen LogP contribution in [0, 0.1) is 0 Å². The van der Waals surface area contributed by atoms with E-state index >= 15 is 0 Å². The summed E-state index contributed by atoms with van der Waals surface area (Å²) >= 11 is 0. The summed E-state index contributed by atoms with van der Waals surface area (Å²) in [6.45, 7) is 0. The summed E-state index contributed by atoms with van der Waals surface area (Å²) in [5.74, 6) is 0. The number of benzene rings is 6. The van der Waals surface area contributed by atoms with Crippen LogP contribution in [0.15, 0.2) is 158 Å². The Labute approximate surface area is 213 Å². The van der Waals surface area contributed by atoms with E-state index in [-0.39, 0.29) is 0 Å². The first kappa shape index (κ1) is 21.8. The highest BCUT2D eigenvalue weighted by atomic mass is 14.2. The van der Waals surface area contributed by atoms with Gasteiger partial charge >= 0.3 is 0 Å². The lowest BCUT2D eigenvalue weighted by Crippen LogP contribution is -1.95. The van der Waals surface area contributed by atoms with Gasteiger partial charge in [0.05, 0.1) is 0 Å². The van der Waals surface area contributed by atoms with Gasteiger partial charge in [0.2, 0.25) is 0 Å². The molecule has 0 N–H and O–H groups in total. The van der Waals surface area contributed by atoms with Gasteiger partial charge in [0.1, 0.15) is 0 Å². The lowest BCUT2D eigenvalue weighted by molar-refractivity contribution is 1.53. The van der Waals surface area contributed by atoms with Crippen molar-refractivity contribution < 1.29 is 0 Å². The summed E-state index contributed by atoms with van der Waals surface area (Å²) < 4.78 is 0. The summed E-state index contributed by atoms with van der Waals surface area (Å²) in [6.07, 6.45) is 0. The molecule has 0 atom stereocenters. The van der Waals surface area contributed by atoms with Crippen molar-refractivity contribution in [1.82, 2.24) is 0 Å². The molecule has 0 aliphatic heterocycles. The first-order valence-corrected chi connectivity index (χ1v) is 12.4. The lowest BCUT2D eigenvalue weighted by atomic mass is 9.82. The Morgan fingerprint density at radius 1 is 0.222 bits per heavy atom. The van der Waals surface area contributed by atoms with Gasteiger partial charge in [-0.05, 0) is 67.8 Å². The molecule has 6 aromatic carbocycles. The Morgan fingerprint density at radius 3 is 1.00 bits per heavy atom. The van der Waals surface area contributed by atoms with Gasteiger partial charge < -0.3 is 0 Å². The SMILES string of the molecule is c1ccc(-c2cc(-c3ccccc3)c(-c3ccccc3-c3ccccc3)c(-c3ccccc3)c2)cc1. The molecule has 0 aliphatic carbocycles. The molecule has 0 saturated carbocycles. The van der Waals surface area contributed by atoms with Gasteiger partial charge in [-0.15, -0.1) is 0 Å². The monoisotopic (exact) mass is 458 g/mol. The van der Waals surface area contributed by atoms with Gasteiger partial charge in [-0.3, -0.25) is 0 Å². The second-order valence-electron chi connectivity index (χ2n) is 8.96. The van der Waals surface area contributed by atoms with Crippen molar-refractivity contribution in [3.8, 4) is 55.6 Å². The average Bonchev–Trinajstić information content (AvgIpc) is 2.98. The summed E-state index contributed by atoms with van der Waals surface area (Å²) in [7, 11) is 0. The molecule has 0 saturated heterocycles. The van der Waals surface area contributed by atoms with Crippen molar-refractivity contribution >= 4 is 0 Å². The standard InChI is InChI=1S/C36H26/c1-5-15-27(16-6-1)31-25-34(29-19-9-3-10-20-29)36(35(26-31)30-21-11-4-12-22-30)33-24-14-13-23-32(33)28-17-7-2-8-18-28/h1-26H. The van der Waals surface area contributed by atoms with Gasteiger partial charge in [0.25, 0.3) is 0 Å². The van der Waals surface area contributed by atoms with E-state index in [1.54, 1.807) is 0 Å². The predicted octanol–water partition coefficient (Wildman–Crippen LogP) is 10.0. The Hall–Kier alpha value is -4.68. The Morgan fingerprint density at radius 2 is 0.556 bits per heavy atom. The van der Waals surface area contributed by atoms with Crippen molar-refractivity contribution in [3.05, 3.63) is 158 Å². The fraction of sp³-hybridized carbons (Fsp3) is 0. The number of hydrogen-bond acceptors (Lipinski definition) is 0. The van der Waals surface area contributed by atoms with Gasteiger partial charge in [0, 0.05) is 0 Å². The van der Waals surface area contributed by atoms with E-state index in [0.29, 0.717) is 0 Å². The molecule has 6 aromatic rings. The van der Waals surface area contributed by atoms with E-state index in [9.17, 15) is 0 Å². The normalized spacial score (nSPS) is 10.8. The largest absolute Gasteiger partial charge is 0.0622 e. The molecule has 0 amide bonds. The van der Waals surface area contributed by atoms with E-state index in [1.165, 1.54) is 55.6 Å². The van der Waals surface area contributed by atoms with Gasteiger partial charge in [-0.2, -0.15) is 0 Å². The molecule has 170 valence electrons. The second kappa shape index (κ2) is 9.90. The Balaban J connectivity index is 1.73. The quantitative estimate of drug-likeness (QED) is 0.241. The highest BCUT2D eigenvalue weighted by molar-refractivity contribution is 6.01. The maximum Gasteiger partial charge on any atom is -0.00201 e. The predicted molar refractivity (Wildman–Crippen MR) is 154 cm³/mol. The third kappa shape index (κ3) is 4.26. The molecule has 0 aliphatic rings. The van der Waals surface area contributed by atoms with E-state index in [0.717, 1.165) is 0 Å². The molecule has 0 bridgehead atoms. The van der Waals surface area contributed by atoms with Crippen molar-refractivity contribution in [2.75, 3.05) is 0 Å². The molecule has 0 nitrogen and oxygen atoms in total. The summed E-state index contributed by atoms with van der Waals surface area (Å²) in [5.41, 5.74) is 12.3. The minimum absolute atomic E-state index is 1.21. The third-order valence-electron chi connectivity index (χ3n) is 6.70. The van der Waals surface area contributed by atoms with Crippen molar-refractivity contribution in [2.24, 2.45) is 0 Å². The van der Waals surface area contributed by atoms with Crippen LogP contribution in [0.1, 0.15) is 0 Å². The Bertz CT molecular complexity index is 1520. The number of hydrogen-bond donors (Lipinski definition) is 0. The molecule has 0 aromatic heterocycles. The van der Waals surface area contributed by atoms with Crippen molar-refractivity contribution in [3.63, 3.8) is 0 Å². The highest BCUT2D eigenvalue weighted by Gasteiger charge is 2.19. The van der Waals surface area contributed by atoms with Crippen LogP contribution in [0.2, 0.25) is 0 Å². The van der Waals surface area contributed by atoms with Crippen LogP contribution in [0.25, 0.3) is 55.6 Å².